The first-order valence-electron chi connectivity index (χ1n) is 8.44. The summed E-state index contributed by atoms with van der Waals surface area (Å²) >= 11 is 2.37. The van der Waals surface area contributed by atoms with Crippen LogP contribution >= 0.6 is 22.6 Å². The van der Waals surface area contributed by atoms with Crippen molar-refractivity contribution in [1.29, 1.82) is 0 Å². The molecule has 0 spiro atoms. The van der Waals surface area contributed by atoms with Crippen molar-refractivity contribution in [2.45, 2.75) is 72.1 Å². The molecule has 0 saturated heterocycles. The van der Waals surface area contributed by atoms with E-state index in [9.17, 15) is 0 Å². The molecule has 0 saturated carbocycles. The maximum Gasteiger partial charge on any atom is 0.242 e. The molecule has 138 valence electrons. The van der Waals surface area contributed by atoms with Crippen LogP contribution in [0.2, 0.25) is 58.9 Å². The zero-order valence-electron chi connectivity index (χ0n) is 16.7. The summed E-state index contributed by atoms with van der Waals surface area (Å²) in [6, 6.07) is 4.38. The van der Waals surface area contributed by atoms with E-state index in [1.807, 2.05) is 0 Å². The lowest BCUT2D eigenvalue weighted by Gasteiger charge is -2.27. The van der Waals surface area contributed by atoms with Gasteiger partial charge in [0.15, 0.2) is 16.6 Å². The van der Waals surface area contributed by atoms with Gasteiger partial charge in [0.25, 0.3) is 0 Å². The average Bonchev–Trinajstić information content (AvgIpc) is 2.33. The minimum absolute atomic E-state index is 0.617. The lowest BCUT2D eigenvalue weighted by Crippen LogP contribution is -2.31. The molecule has 1 aromatic carbocycles. The molecule has 0 fully saturated rings. The van der Waals surface area contributed by atoms with Crippen LogP contribution in [0.1, 0.15) is 11.1 Å². The predicted molar refractivity (Wildman–Crippen MR) is 119 cm³/mol. The lowest BCUT2D eigenvalue weighted by atomic mass is 10.1. The fourth-order valence-corrected chi connectivity index (χ4v) is 4.76. The van der Waals surface area contributed by atoms with Gasteiger partial charge >= 0.3 is 0 Å². The van der Waals surface area contributed by atoms with Crippen LogP contribution in [0.25, 0.3) is 0 Å². The summed E-state index contributed by atoms with van der Waals surface area (Å²) in [5, 5.41) is 0. The van der Waals surface area contributed by atoms with Crippen LogP contribution in [0.4, 0.5) is 0 Å². The minimum Gasteiger partial charge on any atom is -0.544 e. The van der Waals surface area contributed by atoms with E-state index in [-0.39, 0.29) is 0 Å². The Balaban J connectivity index is 3.21. The molecule has 0 atom stereocenters. The van der Waals surface area contributed by atoms with E-state index in [2.05, 4.69) is 93.6 Å². The summed E-state index contributed by atoms with van der Waals surface area (Å²) < 4.78 is 20.0. The van der Waals surface area contributed by atoms with Crippen LogP contribution in [-0.4, -0.2) is 25.0 Å². The molecule has 0 N–H and O–H groups in total. The van der Waals surface area contributed by atoms with Gasteiger partial charge in [0.2, 0.25) is 8.32 Å². The van der Waals surface area contributed by atoms with Crippen LogP contribution in [0, 0.1) is 3.57 Å². The SMILES string of the molecule is C[Si](C)(C)OCc1cc(I)cc(CO[Si](C)(C)C)c1O[Si](C)(C)C. The average molecular weight is 497 g/mol. The maximum absolute atomic E-state index is 6.46. The number of halogens is 1. The van der Waals surface area contributed by atoms with E-state index in [4.69, 9.17) is 13.3 Å². The molecule has 0 aliphatic rings. The largest absolute Gasteiger partial charge is 0.544 e. The van der Waals surface area contributed by atoms with E-state index in [0.29, 0.717) is 13.2 Å². The third-order valence-electron chi connectivity index (χ3n) is 2.94. The molecule has 3 nitrogen and oxygen atoms in total. The van der Waals surface area contributed by atoms with Gasteiger partial charge < -0.3 is 13.3 Å². The number of benzene rings is 1. The van der Waals surface area contributed by atoms with E-state index in [0.717, 1.165) is 16.9 Å². The first kappa shape index (κ1) is 22.4. The summed E-state index contributed by atoms with van der Waals surface area (Å²) in [5.74, 6) is 0.992. The third-order valence-corrected chi connectivity index (χ3v) is 6.40. The van der Waals surface area contributed by atoms with Gasteiger partial charge in [0.05, 0.1) is 13.2 Å². The molecule has 0 unspecified atom stereocenters. The van der Waals surface area contributed by atoms with Gasteiger partial charge in [-0.3, -0.25) is 0 Å². The third kappa shape index (κ3) is 9.14. The summed E-state index contributed by atoms with van der Waals surface area (Å²) in [6.45, 7) is 21.2. The van der Waals surface area contributed by atoms with E-state index < -0.39 is 25.0 Å². The fraction of sp³-hybridized carbons (Fsp3) is 0.647. The molecular formula is C17H33IO3Si3. The second-order valence-electron chi connectivity index (χ2n) is 9.07. The maximum atomic E-state index is 6.46. The van der Waals surface area contributed by atoms with Gasteiger partial charge in [-0.05, 0) is 93.6 Å². The van der Waals surface area contributed by atoms with Gasteiger partial charge in [-0.1, -0.05) is 0 Å². The molecule has 0 aromatic heterocycles. The number of hydrogen-bond donors (Lipinski definition) is 0. The Morgan fingerprint density at radius 2 is 1.08 bits per heavy atom. The Hall–Kier alpha value is 0.321. The monoisotopic (exact) mass is 496 g/mol. The van der Waals surface area contributed by atoms with E-state index >= 15 is 0 Å². The Kier molecular flexibility index (Phi) is 7.77. The van der Waals surface area contributed by atoms with E-state index in [1.54, 1.807) is 0 Å². The lowest BCUT2D eigenvalue weighted by molar-refractivity contribution is 0.285. The highest BCUT2D eigenvalue weighted by molar-refractivity contribution is 14.1. The van der Waals surface area contributed by atoms with Crippen molar-refractivity contribution < 1.29 is 13.3 Å². The molecular weight excluding hydrogens is 463 g/mol. The van der Waals surface area contributed by atoms with Crippen molar-refractivity contribution >= 4 is 47.5 Å². The zero-order chi connectivity index (χ0) is 18.8. The van der Waals surface area contributed by atoms with Crippen LogP contribution < -0.4 is 4.43 Å². The second kappa shape index (κ2) is 8.34. The smallest absolute Gasteiger partial charge is 0.242 e. The topological polar surface area (TPSA) is 27.7 Å². The standard InChI is InChI=1S/C17H33IO3Si3/c1-22(2,3)19-12-14-10-16(18)11-15(13-20-23(4,5)6)17(14)21-24(7,8)9/h10-11H,12-13H2,1-9H3. The van der Waals surface area contributed by atoms with Gasteiger partial charge in [-0.25, -0.2) is 0 Å². The van der Waals surface area contributed by atoms with Crippen molar-refractivity contribution in [2.75, 3.05) is 0 Å². The van der Waals surface area contributed by atoms with Crippen molar-refractivity contribution in [1.82, 2.24) is 0 Å². The molecule has 0 radical (unpaired) electrons. The minimum atomic E-state index is -1.72. The molecule has 0 heterocycles. The Bertz CT molecular complexity index is 519. The highest BCUT2D eigenvalue weighted by atomic mass is 127. The highest BCUT2D eigenvalue weighted by Crippen LogP contribution is 2.32. The molecule has 1 rings (SSSR count). The second-order valence-corrected chi connectivity index (χ2v) is 23.8. The van der Waals surface area contributed by atoms with E-state index in [1.165, 1.54) is 3.57 Å². The van der Waals surface area contributed by atoms with Gasteiger partial charge in [0.1, 0.15) is 5.75 Å². The molecule has 0 amide bonds. The van der Waals surface area contributed by atoms with Crippen molar-refractivity contribution in [3.8, 4) is 5.75 Å². The first-order chi connectivity index (χ1) is 10.7. The molecule has 0 aliphatic carbocycles. The first-order valence-corrected chi connectivity index (χ1v) is 19.7. The zero-order valence-corrected chi connectivity index (χ0v) is 21.8. The van der Waals surface area contributed by atoms with Gasteiger partial charge in [0, 0.05) is 14.7 Å². The summed E-state index contributed by atoms with van der Waals surface area (Å²) in [4.78, 5) is 0. The normalized spacial score (nSPS) is 13.2. The molecule has 0 aliphatic heterocycles. The van der Waals surface area contributed by atoms with Crippen LogP contribution in [0.5, 0.6) is 5.75 Å². The summed E-state index contributed by atoms with van der Waals surface area (Å²) in [5.41, 5.74) is 2.31. The number of hydrogen-bond acceptors (Lipinski definition) is 3. The molecule has 7 heteroatoms. The molecule has 0 bridgehead atoms. The summed E-state index contributed by atoms with van der Waals surface area (Å²) in [6.07, 6.45) is 0. The predicted octanol–water partition coefficient (Wildman–Crippen LogP) is 6.21. The van der Waals surface area contributed by atoms with Crippen LogP contribution in [-0.2, 0) is 22.1 Å². The molecule has 24 heavy (non-hydrogen) atoms. The highest BCUT2D eigenvalue weighted by Gasteiger charge is 2.24. The Labute approximate surface area is 165 Å². The quantitative estimate of drug-likeness (QED) is 0.316. The van der Waals surface area contributed by atoms with Crippen LogP contribution in [0.3, 0.4) is 0 Å². The fourth-order valence-electron chi connectivity index (χ4n) is 1.95. The Morgan fingerprint density at radius 1 is 0.708 bits per heavy atom. The van der Waals surface area contributed by atoms with Gasteiger partial charge in [-0.2, -0.15) is 0 Å². The van der Waals surface area contributed by atoms with Crippen molar-refractivity contribution in [2.24, 2.45) is 0 Å². The Morgan fingerprint density at radius 3 is 1.38 bits per heavy atom. The van der Waals surface area contributed by atoms with Crippen LogP contribution in [0.15, 0.2) is 12.1 Å². The van der Waals surface area contributed by atoms with Gasteiger partial charge in [-0.15, -0.1) is 0 Å². The summed E-state index contributed by atoms with van der Waals surface area (Å²) in [7, 11) is -4.87. The molecule has 1 aromatic rings. The van der Waals surface area contributed by atoms with Crippen molar-refractivity contribution in [3.63, 3.8) is 0 Å². The number of rotatable bonds is 8. The van der Waals surface area contributed by atoms with Crippen molar-refractivity contribution in [3.05, 3.63) is 26.8 Å².